The van der Waals surface area contributed by atoms with Crippen molar-refractivity contribution in [2.45, 2.75) is 95.4 Å². The molecule has 0 bridgehead atoms. The number of likely N-dealkylation sites (N-methyl/N-ethyl adjacent to an activating group) is 1. The Kier molecular flexibility index (Phi) is 5.98. The van der Waals surface area contributed by atoms with Gasteiger partial charge in [-0.25, -0.2) is 4.98 Å². The standard InChI is InChI=1S/C29H37N7O3/c1-18(21-9-7-13-34(21)2)38-25-14-24(36-16-19-15-30-35(3)22(19)17-36)31-28(32-25)26-20-8-6-12-29(27(20)33-39-26)11-5-4-10-23(29)37/h14-15,18,21H,4-13,16-17H2,1-3H3/t18-,21-,29+/m0/s1. The van der Waals surface area contributed by atoms with Gasteiger partial charge in [-0.2, -0.15) is 10.1 Å². The molecule has 0 unspecified atom stereocenters. The van der Waals surface area contributed by atoms with E-state index in [1.807, 2.05) is 24.0 Å². The second-order valence-electron chi connectivity index (χ2n) is 11.9. The summed E-state index contributed by atoms with van der Waals surface area (Å²) in [5, 5.41) is 8.94. The molecule has 0 amide bonds. The number of fused-ring (bicyclic) bond motifs is 3. The van der Waals surface area contributed by atoms with Crippen molar-refractivity contribution in [3.63, 3.8) is 0 Å². The largest absolute Gasteiger partial charge is 0.473 e. The zero-order valence-electron chi connectivity index (χ0n) is 23.1. The van der Waals surface area contributed by atoms with Gasteiger partial charge in [0.25, 0.3) is 0 Å². The third-order valence-corrected chi connectivity index (χ3v) is 9.55. The number of nitrogens with zero attached hydrogens (tertiary/aromatic N) is 7. The molecule has 3 aromatic rings. The highest BCUT2D eigenvalue weighted by molar-refractivity contribution is 5.91. The average Bonchev–Trinajstić information content (AvgIpc) is 3.71. The first kappa shape index (κ1) is 24.7. The maximum Gasteiger partial charge on any atom is 0.219 e. The minimum atomic E-state index is -0.504. The molecule has 206 valence electrons. The number of ketones is 1. The molecule has 10 heteroatoms. The Hall–Kier alpha value is -3.27. The number of aromatic nitrogens is 5. The molecule has 5 heterocycles. The third kappa shape index (κ3) is 4.06. The van der Waals surface area contributed by atoms with Crippen LogP contribution in [-0.4, -0.2) is 61.3 Å². The third-order valence-electron chi connectivity index (χ3n) is 9.55. The minimum absolute atomic E-state index is 0.0140. The molecule has 0 radical (unpaired) electrons. The summed E-state index contributed by atoms with van der Waals surface area (Å²) in [6, 6.07) is 2.30. The van der Waals surface area contributed by atoms with Gasteiger partial charge in [-0.1, -0.05) is 11.6 Å². The predicted molar refractivity (Wildman–Crippen MR) is 144 cm³/mol. The van der Waals surface area contributed by atoms with Crippen LogP contribution in [0.3, 0.4) is 0 Å². The lowest BCUT2D eigenvalue weighted by Crippen LogP contribution is -2.41. The molecule has 1 saturated heterocycles. The van der Waals surface area contributed by atoms with Crippen LogP contribution in [0.2, 0.25) is 0 Å². The Balaban J connectivity index is 1.27. The van der Waals surface area contributed by atoms with Crippen molar-refractivity contribution in [3.05, 3.63) is 34.8 Å². The summed E-state index contributed by atoms with van der Waals surface area (Å²) in [5.74, 6) is 2.71. The van der Waals surface area contributed by atoms with Crippen molar-refractivity contribution in [3.8, 4) is 17.5 Å². The van der Waals surface area contributed by atoms with Crippen LogP contribution >= 0.6 is 0 Å². The first-order valence-corrected chi connectivity index (χ1v) is 14.5. The van der Waals surface area contributed by atoms with Gasteiger partial charge < -0.3 is 14.2 Å². The predicted octanol–water partition coefficient (Wildman–Crippen LogP) is 3.96. The van der Waals surface area contributed by atoms with Gasteiger partial charge in [-0.15, -0.1) is 0 Å². The van der Waals surface area contributed by atoms with E-state index in [9.17, 15) is 4.79 Å². The van der Waals surface area contributed by atoms with Gasteiger partial charge in [0.2, 0.25) is 17.5 Å². The Labute approximate surface area is 228 Å². The second kappa shape index (κ2) is 9.43. The SMILES string of the molecule is C[C@H](Oc1cc(N2Cc3cnn(C)c3C2)nc(-c2onc3c2CCC[C@@]32CCCCC2=O)n1)[C@@H]1CCCN1C. The summed E-state index contributed by atoms with van der Waals surface area (Å²) in [6.45, 7) is 4.66. The van der Waals surface area contributed by atoms with E-state index in [1.165, 1.54) is 17.7 Å². The topological polar surface area (TPSA) is 102 Å². The van der Waals surface area contributed by atoms with Crippen LogP contribution in [-0.2, 0) is 36.8 Å². The highest BCUT2D eigenvalue weighted by Crippen LogP contribution is 2.47. The van der Waals surface area contributed by atoms with E-state index in [0.29, 0.717) is 35.7 Å². The van der Waals surface area contributed by atoms with Gasteiger partial charge in [-0.05, 0) is 65.5 Å². The van der Waals surface area contributed by atoms with Crippen LogP contribution in [0.4, 0.5) is 5.82 Å². The van der Waals surface area contributed by atoms with Gasteiger partial charge >= 0.3 is 0 Å². The summed E-state index contributed by atoms with van der Waals surface area (Å²) in [7, 11) is 4.14. The van der Waals surface area contributed by atoms with Crippen LogP contribution in [0.15, 0.2) is 16.8 Å². The highest BCUT2D eigenvalue weighted by atomic mass is 16.5. The van der Waals surface area contributed by atoms with E-state index in [4.69, 9.17) is 19.2 Å². The molecule has 2 aliphatic carbocycles. The van der Waals surface area contributed by atoms with Crippen LogP contribution in [0.25, 0.3) is 11.6 Å². The number of Topliss-reactive ketones (excluding diaryl/α,β-unsaturated/α-hetero) is 1. The fourth-order valence-corrected chi connectivity index (χ4v) is 7.37. The zero-order valence-corrected chi connectivity index (χ0v) is 23.1. The van der Waals surface area contributed by atoms with E-state index in [0.717, 1.165) is 81.7 Å². The Morgan fingerprint density at radius 2 is 1.97 bits per heavy atom. The first-order chi connectivity index (χ1) is 18.9. The van der Waals surface area contributed by atoms with E-state index in [-0.39, 0.29) is 6.10 Å². The monoisotopic (exact) mass is 531 g/mol. The van der Waals surface area contributed by atoms with Crippen molar-refractivity contribution in [2.75, 3.05) is 18.5 Å². The van der Waals surface area contributed by atoms with Gasteiger partial charge in [0.1, 0.15) is 23.4 Å². The van der Waals surface area contributed by atoms with E-state index in [1.54, 1.807) is 0 Å². The Bertz CT molecular complexity index is 1410. The van der Waals surface area contributed by atoms with Gasteiger partial charge in [0.15, 0.2) is 0 Å². The summed E-state index contributed by atoms with van der Waals surface area (Å²) >= 11 is 0. The quantitative estimate of drug-likeness (QED) is 0.484. The molecule has 10 nitrogen and oxygen atoms in total. The van der Waals surface area contributed by atoms with Crippen LogP contribution in [0.1, 0.15) is 80.8 Å². The maximum atomic E-state index is 13.2. The molecule has 1 saturated carbocycles. The molecule has 3 atom stereocenters. The Morgan fingerprint density at radius 1 is 1.10 bits per heavy atom. The number of ether oxygens (including phenoxy) is 1. The number of hydrogen-bond acceptors (Lipinski definition) is 9. The molecule has 1 spiro atoms. The number of anilines is 1. The van der Waals surface area contributed by atoms with Crippen LogP contribution < -0.4 is 9.64 Å². The molecule has 39 heavy (non-hydrogen) atoms. The molecular formula is C29H37N7O3. The summed E-state index contributed by atoms with van der Waals surface area (Å²) in [6.07, 6.45) is 10.3. The summed E-state index contributed by atoms with van der Waals surface area (Å²) in [4.78, 5) is 27.7. The highest BCUT2D eigenvalue weighted by Gasteiger charge is 2.48. The zero-order chi connectivity index (χ0) is 26.7. The van der Waals surface area contributed by atoms with Gasteiger partial charge in [-0.3, -0.25) is 14.4 Å². The summed E-state index contributed by atoms with van der Waals surface area (Å²) in [5.41, 5.74) is 3.71. The van der Waals surface area contributed by atoms with Gasteiger partial charge in [0, 0.05) is 43.2 Å². The summed E-state index contributed by atoms with van der Waals surface area (Å²) < 4.78 is 14.5. The number of rotatable bonds is 5. The molecule has 3 aromatic heterocycles. The fraction of sp³-hybridized carbons (Fsp3) is 0.621. The van der Waals surface area contributed by atoms with Crippen LogP contribution in [0, 0.1) is 0 Å². The smallest absolute Gasteiger partial charge is 0.219 e. The lowest BCUT2D eigenvalue weighted by Gasteiger charge is -2.37. The molecule has 2 aliphatic heterocycles. The molecule has 4 aliphatic rings. The average molecular weight is 532 g/mol. The number of hydrogen-bond donors (Lipinski definition) is 0. The molecular weight excluding hydrogens is 494 g/mol. The lowest BCUT2D eigenvalue weighted by atomic mass is 9.64. The molecule has 0 N–H and O–H groups in total. The number of carbonyl (C=O) groups excluding carboxylic acids is 1. The first-order valence-electron chi connectivity index (χ1n) is 14.5. The lowest BCUT2D eigenvalue weighted by molar-refractivity contribution is -0.127. The minimum Gasteiger partial charge on any atom is -0.473 e. The van der Waals surface area contributed by atoms with E-state index >= 15 is 0 Å². The van der Waals surface area contributed by atoms with E-state index in [2.05, 4.69) is 34.0 Å². The number of likely N-dealkylation sites (tertiary alicyclic amines) is 1. The fourth-order valence-electron chi connectivity index (χ4n) is 7.37. The van der Waals surface area contributed by atoms with Crippen molar-refractivity contribution < 1.29 is 14.1 Å². The van der Waals surface area contributed by atoms with Crippen molar-refractivity contribution >= 4 is 11.6 Å². The molecule has 2 fully saturated rings. The van der Waals surface area contributed by atoms with Gasteiger partial charge in [0.05, 0.1) is 23.9 Å². The van der Waals surface area contributed by atoms with Crippen molar-refractivity contribution in [2.24, 2.45) is 7.05 Å². The second-order valence-corrected chi connectivity index (χ2v) is 11.9. The molecule has 0 aromatic carbocycles. The number of carbonyl (C=O) groups is 1. The van der Waals surface area contributed by atoms with Crippen molar-refractivity contribution in [1.82, 2.24) is 29.8 Å². The van der Waals surface area contributed by atoms with Crippen LogP contribution in [0.5, 0.6) is 5.88 Å². The number of aryl methyl sites for hydroxylation is 1. The Morgan fingerprint density at radius 3 is 2.77 bits per heavy atom. The molecule has 7 rings (SSSR count). The maximum absolute atomic E-state index is 13.2. The normalized spacial score (nSPS) is 25.8. The van der Waals surface area contributed by atoms with E-state index < -0.39 is 5.41 Å². The van der Waals surface area contributed by atoms with Crippen molar-refractivity contribution in [1.29, 1.82) is 0 Å².